The second kappa shape index (κ2) is 22.3. The zero-order chi connectivity index (χ0) is 25.5. The number of unbranched alkanes of at least 4 members (excludes halogenated alkanes) is 18. The minimum atomic E-state index is 0.142. The van der Waals surface area contributed by atoms with Crippen LogP contribution in [0.3, 0.4) is 0 Å². The number of aliphatic hydroxyl groups is 1. The Balaban J connectivity index is 2.32. The predicted octanol–water partition coefficient (Wildman–Crippen LogP) is 9.97. The Kier molecular flexibility index (Phi) is 20.5. The molecule has 0 aliphatic carbocycles. The summed E-state index contributed by atoms with van der Waals surface area (Å²) < 4.78 is 1.17. The summed E-state index contributed by atoms with van der Waals surface area (Å²) in [6.45, 7) is 8.47. The highest BCUT2D eigenvalue weighted by atomic mass is 16.3. The van der Waals surface area contributed by atoms with Gasteiger partial charge >= 0.3 is 0 Å². The summed E-state index contributed by atoms with van der Waals surface area (Å²) in [5, 5.41) is 9.37. The first-order valence-electron chi connectivity index (χ1n) is 15.7. The third-order valence-corrected chi connectivity index (χ3v) is 7.87. The lowest BCUT2D eigenvalue weighted by molar-refractivity contribution is -0.923. The van der Waals surface area contributed by atoms with Crippen molar-refractivity contribution in [3.8, 4) is 0 Å². The molecule has 0 aromatic heterocycles. The van der Waals surface area contributed by atoms with E-state index in [4.69, 9.17) is 0 Å². The van der Waals surface area contributed by atoms with Crippen LogP contribution in [0, 0.1) is 0 Å². The van der Waals surface area contributed by atoms with Gasteiger partial charge in [0, 0.05) is 5.56 Å². The molecule has 0 saturated heterocycles. The van der Waals surface area contributed by atoms with Gasteiger partial charge in [-0.05, 0) is 31.2 Å². The average Bonchev–Trinajstić information content (AvgIpc) is 2.87. The topological polar surface area (TPSA) is 20.2 Å². The van der Waals surface area contributed by atoms with Gasteiger partial charge in [0.2, 0.25) is 0 Å². The van der Waals surface area contributed by atoms with Gasteiger partial charge in [0.05, 0.1) is 26.7 Å². The van der Waals surface area contributed by atoms with Crippen LogP contribution in [0.15, 0.2) is 24.3 Å². The number of nitrogens with zero attached hydrogens (tertiary/aromatic N) is 1. The molecule has 2 heteroatoms. The number of hydrogen-bond acceptors (Lipinski definition) is 1. The van der Waals surface area contributed by atoms with Crippen molar-refractivity contribution >= 4 is 0 Å². The highest BCUT2D eigenvalue weighted by molar-refractivity contribution is 5.21. The van der Waals surface area contributed by atoms with Crippen LogP contribution in [0.25, 0.3) is 0 Å². The van der Waals surface area contributed by atoms with Gasteiger partial charge in [-0.15, -0.1) is 0 Å². The first-order chi connectivity index (χ1) is 17.1. The number of benzene rings is 1. The maximum Gasteiger partial charge on any atom is 0.104 e. The van der Waals surface area contributed by atoms with E-state index in [-0.39, 0.29) is 6.61 Å². The summed E-state index contributed by atoms with van der Waals surface area (Å²) in [6, 6.07) is 8.67. The van der Waals surface area contributed by atoms with Crippen molar-refractivity contribution < 1.29 is 9.59 Å². The molecule has 0 heterocycles. The van der Waals surface area contributed by atoms with E-state index in [0.717, 1.165) is 12.1 Å². The lowest BCUT2D eigenvalue weighted by Gasteiger charge is -2.35. The summed E-state index contributed by atoms with van der Waals surface area (Å²) in [4.78, 5) is 0. The molecule has 1 rings (SSSR count). The largest absolute Gasteiger partial charge is 0.392 e. The van der Waals surface area contributed by atoms with Crippen LogP contribution in [-0.2, 0) is 13.2 Å². The van der Waals surface area contributed by atoms with E-state index in [2.05, 4.69) is 45.2 Å². The molecular weight excluding hydrogens is 426 g/mol. The Morgan fingerprint density at radius 1 is 0.486 bits per heavy atom. The molecule has 0 saturated carbocycles. The Labute approximate surface area is 220 Å². The summed E-state index contributed by atoms with van der Waals surface area (Å²) in [5.74, 6) is 0. The Morgan fingerprint density at radius 3 is 1.14 bits per heavy atom. The minimum absolute atomic E-state index is 0.142. The van der Waals surface area contributed by atoms with Crippen molar-refractivity contribution in [2.45, 2.75) is 155 Å². The van der Waals surface area contributed by atoms with Crippen LogP contribution >= 0.6 is 0 Å². The van der Waals surface area contributed by atoms with E-state index < -0.39 is 0 Å². The SMILES string of the molecule is CCCCCCCCCCCC[N+](C)(CCCCCCCCCCCC)Cc1ccc(CO)cc1. The molecule has 1 aromatic rings. The van der Waals surface area contributed by atoms with E-state index >= 15 is 0 Å². The fraction of sp³-hybridized carbons (Fsp3) is 0.818. The molecular formula is C33H62NO+. The van der Waals surface area contributed by atoms with E-state index in [9.17, 15) is 5.11 Å². The van der Waals surface area contributed by atoms with Gasteiger partial charge in [-0.1, -0.05) is 141 Å². The third kappa shape index (κ3) is 18.1. The number of rotatable bonds is 25. The van der Waals surface area contributed by atoms with Gasteiger partial charge in [0.25, 0.3) is 0 Å². The first kappa shape index (κ1) is 32.2. The number of hydrogen-bond donors (Lipinski definition) is 1. The quantitative estimate of drug-likeness (QED) is 0.107. The van der Waals surface area contributed by atoms with E-state index in [1.807, 2.05) is 0 Å². The number of quaternary nitrogens is 1. The maximum atomic E-state index is 9.37. The van der Waals surface area contributed by atoms with Crippen molar-refractivity contribution in [2.24, 2.45) is 0 Å². The van der Waals surface area contributed by atoms with E-state index in [0.29, 0.717) is 0 Å². The molecule has 0 amide bonds. The first-order valence-corrected chi connectivity index (χ1v) is 15.7. The molecule has 1 aromatic carbocycles. The molecule has 0 unspecified atom stereocenters. The van der Waals surface area contributed by atoms with Crippen LogP contribution in [0.4, 0.5) is 0 Å². The second-order valence-electron chi connectivity index (χ2n) is 11.6. The van der Waals surface area contributed by atoms with Crippen molar-refractivity contribution in [2.75, 3.05) is 20.1 Å². The number of aliphatic hydroxyl groups excluding tert-OH is 1. The highest BCUT2D eigenvalue weighted by Gasteiger charge is 2.21. The fourth-order valence-electron chi connectivity index (χ4n) is 5.42. The Morgan fingerprint density at radius 2 is 0.800 bits per heavy atom. The molecule has 0 spiro atoms. The molecule has 1 N–H and O–H groups in total. The minimum Gasteiger partial charge on any atom is -0.392 e. The molecule has 0 aliphatic heterocycles. The third-order valence-electron chi connectivity index (χ3n) is 7.87. The molecule has 0 fully saturated rings. The van der Waals surface area contributed by atoms with Crippen LogP contribution in [-0.4, -0.2) is 29.7 Å². The second-order valence-corrected chi connectivity index (χ2v) is 11.6. The maximum absolute atomic E-state index is 9.37. The van der Waals surface area contributed by atoms with Gasteiger partial charge < -0.3 is 9.59 Å². The summed E-state index contributed by atoms with van der Waals surface area (Å²) in [5.41, 5.74) is 2.44. The lowest BCUT2D eigenvalue weighted by Crippen LogP contribution is -2.44. The summed E-state index contributed by atoms with van der Waals surface area (Å²) in [7, 11) is 2.49. The molecule has 0 radical (unpaired) electrons. The summed E-state index contributed by atoms with van der Waals surface area (Å²) in [6.07, 6.45) is 28.2. The van der Waals surface area contributed by atoms with E-state index in [1.165, 1.54) is 152 Å². The highest BCUT2D eigenvalue weighted by Crippen LogP contribution is 2.19. The molecule has 0 bridgehead atoms. The molecule has 0 aliphatic rings. The molecule has 0 atom stereocenters. The van der Waals surface area contributed by atoms with Gasteiger partial charge in [-0.2, -0.15) is 0 Å². The summed E-state index contributed by atoms with van der Waals surface area (Å²) >= 11 is 0. The van der Waals surface area contributed by atoms with Crippen LogP contribution in [0.2, 0.25) is 0 Å². The van der Waals surface area contributed by atoms with Crippen molar-refractivity contribution in [3.63, 3.8) is 0 Å². The smallest absolute Gasteiger partial charge is 0.104 e. The van der Waals surface area contributed by atoms with Crippen molar-refractivity contribution in [1.82, 2.24) is 0 Å². The van der Waals surface area contributed by atoms with Crippen LogP contribution < -0.4 is 0 Å². The predicted molar refractivity (Wildman–Crippen MR) is 156 cm³/mol. The average molecular weight is 489 g/mol. The normalized spacial score (nSPS) is 11.9. The molecule has 204 valence electrons. The fourth-order valence-corrected chi connectivity index (χ4v) is 5.42. The zero-order valence-corrected chi connectivity index (χ0v) is 24.2. The monoisotopic (exact) mass is 488 g/mol. The molecule has 35 heavy (non-hydrogen) atoms. The Hall–Kier alpha value is -0.860. The zero-order valence-electron chi connectivity index (χ0n) is 24.2. The van der Waals surface area contributed by atoms with Crippen molar-refractivity contribution in [3.05, 3.63) is 35.4 Å². The van der Waals surface area contributed by atoms with Crippen molar-refractivity contribution in [1.29, 1.82) is 0 Å². The van der Waals surface area contributed by atoms with Gasteiger partial charge in [-0.25, -0.2) is 0 Å². The van der Waals surface area contributed by atoms with E-state index in [1.54, 1.807) is 0 Å². The Bertz CT molecular complexity index is 543. The van der Waals surface area contributed by atoms with Crippen LogP contribution in [0.1, 0.15) is 153 Å². The lowest BCUT2D eigenvalue weighted by atomic mass is 10.0. The standard InChI is InChI=1S/C33H62NO/c1-4-6-8-10-12-14-16-18-20-22-28-34(3,30-32-24-26-33(31-35)27-25-32)29-23-21-19-17-15-13-11-9-7-5-2/h24-27,35H,4-23,28-31H2,1-3H3/q+1. The molecule has 2 nitrogen and oxygen atoms in total. The van der Waals surface area contributed by atoms with Crippen LogP contribution in [0.5, 0.6) is 0 Å². The van der Waals surface area contributed by atoms with Gasteiger partial charge in [0.15, 0.2) is 0 Å². The van der Waals surface area contributed by atoms with Gasteiger partial charge in [0.1, 0.15) is 6.54 Å². The van der Waals surface area contributed by atoms with Gasteiger partial charge in [-0.3, -0.25) is 0 Å².